The topological polar surface area (TPSA) is 80.9 Å². The van der Waals surface area contributed by atoms with Crippen molar-refractivity contribution in [2.75, 3.05) is 6.54 Å². The van der Waals surface area contributed by atoms with Crippen LogP contribution in [0.15, 0.2) is 28.9 Å². The van der Waals surface area contributed by atoms with E-state index in [1.165, 1.54) is 0 Å². The molecule has 3 rings (SSSR count). The molecule has 0 saturated heterocycles. The molecule has 0 aromatic carbocycles. The van der Waals surface area contributed by atoms with Gasteiger partial charge in [0.05, 0.1) is 0 Å². The molecule has 0 spiro atoms. The van der Waals surface area contributed by atoms with E-state index in [0.717, 1.165) is 18.4 Å². The number of rotatable bonds is 5. The summed E-state index contributed by atoms with van der Waals surface area (Å²) in [4.78, 5) is 15.4. The minimum absolute atomic E-state index is 0.133. The fourth-order valence-electron chi connectivity index (χ4n) is 1.75. The van der Waals surface area contributed by atoms with Crippen LogP contribution >= 0.6 is 0 Å². The number of nitrogens with zero attached hydrogens (tertiary/aromatic N) is 3. The molecule has 1 aliphatic carbocycles. The molecule has 0 unspecified atom stereocenters. The summed E-state index contributed by atoms with van der Waals surface area (Å²) >= 11 is 0. The number of aromatic nitrogens is 3. The number of carbonyl (C=O) groups is 1. The summed E-state index contributed by atoms with van der Waals surface area (Å²) in [7, 11) is 0. The number of carbonyl (C=O) groups excluding carboxylic acids is 1. The van der Waals surface area contributed by atoms with Gasteiger partial charge in [-0.15, -0.1) is 10.2 Å². The van der Waals surface area contributed by atoms with Gasteiger partial charge in [-0.1, -0.05) is 0 Å². The number of hydrogen-bond acceptors (Lipinski definition) is 5. The highest BCUT2D eigenvalue weighted by Gasteiger charge is 2.29. The van der Waals surface area contributed by atoms with Crippen LogP contribution in [0.1, 0.15) is 18.7 Å². The van der Waals surface area contributed by atoms with Crippen LogP contribution < -0.4 is 5.32 Å². The Hall–Kier alpha value is -2.24. The molecule has 0 bridgehead atoms. The van der Waals surface area contributed by atoms with Gasteiger partial charge in [-0.3, -0.25) is 9.78 Å². The Bertz CT molecular complexity index is 563. The van der Waals surface area contributed by atoms with Gasteiger partial charge in [0.15, 0.2) is 0 Å². The lowest BCUT2D eigenvalue weighted by molar-refractivity contribution is -0.122. The van der Waals surface area contributed by atoms with Crippen LogP contribution in [0.2, 0.25) is 0 Å². The van der Waals surface area contributed by atoms with Gasteiger partial charge in [-0.2, -0.15) is 0 Å². The van der Waals surface area contributed by atoms with Crippen molar-refractivity contribution in [1.82, 2.24) is 20.5 Å². The molecule has 6 nitrogen and oxygen atoms in total. The number of hydrogen-bond donors (Lipinski definition) is 1. The highest BCUT2D eigenvalue weighted by molar-refractivity contribution is 5.80. The van der Waals surface area contributed by atoms with E-state index in [9.17, 15) is 4.79 Å². The number of pyridine rings is 1. The first-order valence-corrected chi connectivity index (χ1v) is 6.33. The highest BCUT2D eigenvalue weighted by atomic mass is 16.4. The quantitative estimate of drug-likeness (QED) is 0.871. The van der Waals surface area contributed by atoms with E-state index in [1.807, 2.05) is 12.1 Å². The molecule has 2 aromatic rings. The second-order valence-electron chi connectivity index (χ2n) is 4.55. The second-order valence-corrected chi connectivity index (χ2v) is 4.55. The first-order chi connectivity index (χ1) is 9.33. The van der Waals surface area contributed by atoms with Crippen LogP contribution in [0.5, 0.6) is 0 Å². The largest absolute Gasteiger partial charge is 0.421 e. The maximum atomic E-state index is 11.4. The van der Waals surface area contributed by atoms with E-state index >= 15 is 0 Å². The maximum Gasteiger partial charge on any atom is 0.247 e. The van der Waals surface area contributed by atoms with Crippen LogP contribution in [0, 0.1) is 5.92 Å². The van der Waals surface area contributed by atoms with Crippen molar-refractivity contribution in [3.05, 3.63) is 30.4 Å². The van der Waals surface area contributed by atoms with Gasteiger partial charge in [-0.05, 0) is 25.0 Å². The van der Waals surface area contributed by atoms with E-state index in [2.05, 4.69) is 20.5 Å². The Morgan fingerprint density at radius 2 is 2.11 bits per heavy atom. The Labute approximate surface area is 110 Å². The zero-order valence-electron chi connectivity index (χ0n) is 10.4. The van der Waals surface area contributed by atoms with Gasteiger partial charge >= 0.3 is 0 Å². The Morgan fingerprint density at radius 3 is 2.84 bits per heavy atom. The Morgan fingerprint density at radius 1 is 1.32 bits per heavy atom. The van der Waals surface area contributed by atoms with Crippen LogP contribution in [0.25, 0.3) is 11.5 Å². The predicted octanol–water partition coefficient (Wildman–Crippen LogP) is 1.20. The van der Waals surface area contributed by atoms with Gasteiger partial charge in [-0.25, -0.2) is 0 Å². The van der Waals surface area contributed by atoms with E-state index in [-0.39, 0.29) is 11.8 Å². The van der Waals surface area contributed by atoms with Gasteiger partial charge < -0.3 is 9.73 Å². The summed E-state index contributed by atoms with van der Waals surface area (Å²) in [6, 6.07) is 3.62. The normalized spacial score (nSPS) is 14.3. The molecule has 1 fully saturated rings. The maximum absolute atomic E-state index is 11.4. The van der Waals surface area contributed by atoms with E-state index in [1.54, 1.807) is 12.4 Å². The fraction of sp³-hybridized carbons (Fsp3) is 0.385. The molecular weight excluding hydrogens is 244 g/mol. The molecule has 0 radical (unpaired) electrons. The van der Waals surface area contributed by atoms with Crippen molar-refractivity contribution in [2.45, 2.75) is 19.3 Å². The molecule has 1 amide bonds. The van der Waals surface area contributed by atoms with Crippen LogP contribution in [-0.4, -0.2) is 27.6 Å². The summed E-state index contributed by atoms with van der Waals surface area (Å²) in [5.41, 5.74) is 0.843. The SMILES string of the molecule is O=C(NCCc1nnc(-c2ccncc2)o1)C1CC1. The van der Waals surface area contributed by atoms with Crippen molar-refractivity contribution in [1.29, 1.82) is 0 Å². The highest BCUT2D eigenvalue weighted by Crippen LogP contribution is 2.28. The first-order valence-electron chi connectivity index (χ1n) is 6.33. The van der Waals surface area contributed by atoms with Gasteiger partial charge in [0.1, 0.15) is 0 Å². The summed E-state index contributed by atoms with van der Waals surface area (Å²) in [6.07, 6.45) is 5.93. The van der Waals surface area contributed by atoms with Crippen molar-refractivity contribution in [3.63, 3.8) is 0 Å². The molecule has 19 heavy (non-hydrogen) atoms. The van der Waals surface area contributed by atoms with Crippen molar-refractivity contribution in [3.8, 4) is 11.5 Å². The molecule has 0 aliphatic heterocycles. The predicted molar refractivity (Wildman–Crippen MR) is 67.0 cm³/mol. The zero-order valence-corrected chi connectivity index (χ0v) is 10.4. The lowest BCUT2D eigenvalue weighted by Gasteiger charge is -2.00. The molecule has 1 N–H and O–H groups in total. The van der Waals surface area contributed by atoms with E-state index < -0.39 is 0 Å². The Balaban J connectivity index is 1.54. The first kappa shape index (κ1) is 11.8. The monoisotopic (exact) mass is 258 g/mol. The fourth-order valence-corrected chi connectivity index (χ4v) is 1.75. The third kappa shape index (κ3) is 2.96. The zero-order chi connectivity index (χ0) is 13.1. The molecule has 0 atom stereocenters. The van der Waals surface area contributed by atoms with E-state index in [0.29, 0.717) is 24.7 Å². The molecule has 1 saturated carbocycles. The van der Waals surface area contributed by atoms with Crippen LogP contribution in [-0.2, 0) is 11.2 Å². The van der Waals surface area contributed by atoms with Gasteiger partial charge in [0, 0.05) is 36.8 Å². The second kappa shape index (κ2) is 5.17. The molecular formula is C13H14N4O2. The molecule has 2 heterocycles. The number of nitrogens with one attached hydrogen (secondary N) is 1. The Kier molecular flexibility index (Phi) is 3.22. The summed E-state index contributed by atoms with van der Waals surface area (Å²) < 4.78 is 5.53. The molecule has 98 valence electrons. The van der Waals surface area contributed by atoms with E-state index in [4.69, 9.17) is 4.42 Å². The average Bonchev–Trinajstić information content (AvgIpc) is 3.20. The van der Waals surface area contributed by atoms with Crippen molar-refractivity contribution >= 4 is 5.91 Å². The number of amides is 1. The summed E-state index contributed by atoms with van der Waals surface area (Å²) in [5.74, 6) is 1.37. The lowest BCUT2D eigenvalue weighted by Crippen LogP contribution is -2.26. The smallest absolute Gasteiger partial charge is 0.247 e. The molecule has 1 aliphatic rings. The average molecular weight is 258 g/mol. The van der Waals surface area contributed by atoms with Crippen LogP contribution in [0.3, 0.4) is 0 Å². The molecule has 6 heteroatoms. The van der Waals surface area contributed by atoms with Crippen molar-refractivity contribution in [2.24, 2.45) is 5.92 Å². The third-order valence-corrected chi connectivity index (χ3v) is 2.98. The van der Waals surface area contributed by atoms with Crippen molar-refractivity contribution < 1.29 is 9.21 Å². The third-order valence-electron chi connectivity index (χ3n) is 2.98. The standard InChI is InChI=1S/C13H14N4O2/c18-12(9-1-2-9)15-8-5-11-16-17-13(19-11)10-3-6-14-7-4-10/h3-4,6-7,9H,1-2,5,8H2,(H,15,18). The lowest BCUT2D eigenvalue weighted by atomic mass is 10.3. The van der Waals surface area contributed by atoms with Crippen LogP contribution in [0.4, 0.5) is 0 Å². The minimum Gasteiger partial charge on any atom is -0.421 e. The minimum atomic E-state index is 0.133. The summed E-state index contributed by atoms with van der Waals surface area (Å²) in [5, 5.41) is 10.8. The molecule has 2 aromatic heterocycles. The van der Waals surface area contributed by atoms with Gasteiger partial charge in [0.25, 0.3) is 0 Å². The summed E-state index contributed by atoms with van der Waals surface area (Å²) in [6.45, 7) is 0.535. The van der Waals surface area contributed by atoms with Gasteiger partial charge in [0.2, 0.25) is 17.7 Å².